The van der Waals surface area contributed by atoms with Crippen molar-refractivity contribution in [2.75, 3.05) is 12.3 Å². The molecule has 0 spiro atoms. The number of benzene rings is 1. The topological polar surface area (TPSA) is 138 Å². The van der Waals surface area contributed by atoms with E-state index in [2.05, 4.69) is 26.3 Å². The second-order valence-corrected chi connectivity index (χ2v) is 11.4. The van der Waals surface area contributed by atoms with Crippen molar-refractivity contribution in [2.45, 2.75) is 118 Å². The smallest absolute Gasteiger partial charge is 0.315 e. The Morgan fingerprint density at radius 2 is 1.69 bits per heavy atom. The van der Waals surface area contributed by atoms with Gasteiger partial charge in [0.2, 0.25) is 5.91 Å². The molecule has 2 fully saturated rings. The molecule has 1 aromatic heterocycles. The van der Waals surface area contributed by atoms with E-state index in [0.29, 0.717) is 36.8 Å². The van der Waals surface area contributed by atoms with Crippen LogP contribution in [0, 0.1) is 0 Å². The van der Waals surface area contributed by atoms with Gasteiger partial charge in [-0.25, -0.2) is 9.48 Å². The zero-order valence-electron chi connectivity index (χ0n) is 21.7. The van der Waals surface area contributed by atoms with Crippen molar-refractivity contribution < 1.29 is 19.5 Å². The molecule has 42 heavy (non-hydrogen) atoms. The fourth-order valence-corrected chi connectivity index (χ4v) is 6.53. The number of fused-ring (bicyclic) bond motifs is 1. The molecule has 11 heteroatoms. The summed E-state index contributed by atoms with van der Waals surface area (Å²) in [7, 11) is 0. The Morgan fingerprint density at radius 3 is 2.43 bits per heavy atom. The first-order chi connectivity index (χ1) is 18.5. The van der Waals surface area contributed by atoms with Crippen LogP contribution in [0.5, 0.6) is 5.75 Å². The lowest BCUT2D eigenvalue weighted by Crippen LogP contribution is -2.36. The van der Waals surface area contributed by atoms with Gasteiger partial charge in [-0.15, -0.1) is 5.10 Å². The maximum absolute atomic E-state index is 12.2. The van der Waals surface area contributed by atoms with Gasteiger partial charge in [0.15, 0.2) is 0 Å². The van der Waals surface area contributed by atoms with Gasteiger partial charge in [-0.05, 0) is 56.2 Å². The number of phenols is 1. The molecule has 238 valence electrons. The Hall–Kier alpha value is -3.08. The van der Waals surface area contributed by atoms with Crippen molar-refractivity contribution in [3.8, 4) is 5.75 Å². The summed E-state index contributed by atoms with van der Waals surface area (Å²) in [4.78, 5) is 35.8. The van der Waals surface area contributed by atoms with Crippen LogP contribution in [0.15, 0.2) is 30.5 Å². The highest BCUT2D eigenvalue weighted by Gasteiger charge is 2.42. The molecule has 2 aliphatic heterocycles. The number of urea groups is 1. The maximum Gasteiger partial charge on any atom is 0.315 e. The van der Waals surface area contributed by atoms with E-state index in [4.69, 9.17) is 0 Å². The van der Waals surface area contributed by atoms with Gasteiger partial charge < -0.3 is 21.1 Å². The first-order valence-electron chi connectivity index (χ1n) is 13.6. The SMILES string of the molecule is C.C.C.C.O=C(CCCCCc1cn(CC(=O)NCCc2ccc(O)cc2)nn1)CCCCC1SCC2NC(=O)NC21. The van der Waals surface area contributed by atoms with Crippen LogP contribution in [-0.2, 0) is 29.0 Å². The minimum Gasteiger partial charge on any atom is -0.508 e. The number of unbranched alkanes of at least 4 members (excludes halogenated alkanes) is 3. The molecule has 0 bridgehead atoms. The molecule has 0 saturated carbocycles. The zero-order valence-corrected chi connectivity index (χ0v) is 22.5. The number of hydrogen-bond acceptors (Lipinski definition) is 7. The molecule has 2 saturated heterocycles. The van der Waals surface area contributed by atoms with Crippen molar-refractivity contribution in [2.24, 2.45) is 0 Å². The third-order valence-electron chi connectivity index (χ3n) is 7.08. The molecule has 0 radical (unpaired) electrons. The quantitative estimate of drug-likeness (QED) is 0.151. The van der Waals surface area contributed by atoms with Crippen LogP contribution in [0.2, 0.25) is 0 Å². The van der Waals surface area contributed by atoms with Gasteiger partial charge in [0.1, 0.15) is 18.1 Å². The number of ketones is 1. The third kappa shape index (κ3) is 12.4. The summed E-state index contributed by atoms with van der Waals surface area (Å²) in [5.74, 6) is 1.42. The predicted octanol–water partition coefficient (Wildman–Crippen LogP) is 5.28. The van der Waals surface area contributed by atoms with Gasteiger partial charge in [-0.1, -0.05) is 59.9 Å². The van der Waals surface area contributed by atoms with Gasteiger partial charge in [0.05, 0.1) is 17.8 Å². The summed E-state index contributed by atoms with van der Waals surface area (Å²) in [6, 6.07) is 7.40. The number of amides is 3. The van der Waals surface area contributed by atoms with E-state index < -0.39 is 0 Å². The number of phenolic OH excluding ortho intramolecular Hbond substituents is 1. The van der Waals surface area contributed by atoms with E-state index in [0.717, 1.165) is 62.0 Å². The highest BCUT2D eigenvalue weighted by atomic mass is 32.2. The van der Waals surface area contributed by atoms with E-state index >= 15 is 0 Å². The number of rotatable bonds is 16. The molecule has 3 amide bonds. The van der Waals surface area contributed by atoms with Gasteiger partial charge in [0.25, 0.3) is 0 Å². The minimum atomic E-state index is -0.118. The summed E-state index contributed by atoms with van der Waals surface area (Å²) >= 11 is 1.92. The molecule has 3 unspecified atom stereocenters. The number of nitrogens with zero attached hydrogens (tertiary/aromatic N) is 3. The number of carbonyl (C=O) groups excluding carboxylic acids is 3. The highest BCUT2D eigenvalue weighted by molar-refractivity contribution is 8.00. The molecule has 2 aromatic rings. The van der Waals surface area contributed by atoms with Crippen LogP contribution in [0.3, 0.4) is 0 Å². The number of nitrogens with one attached hydrogen (secondary N) is 3. The van der Waals surface area contributed by atoms with E-state index in [9.17, 15) is 19.5 Å². The molecule has 4 rings (SSSR count). The second-order valence-electron chi connectivity index (χ2n) is 10.1. The lowest BCUT2D eigenvalue weighted by atomic mass is 10.0. The Morgan fingerprint density at radius 1 is 0.976 bits per heavy atom. The van der Waals surface area contributed by atoms with E-state index in [1.165, 1.54) is 0 Å². The molecule has 2 aliphatic rings. The van der Waals surface area contributed by atoms with Crippen molar-refractivity contribution in [1.29, 1.82) is 0 Å². The number of aryl methyl sites for hydroxylation is 1. The number of aromatic hydroxyl groups is 1. The minimum absolute atomic E-state index is 0. The first-order valence-corrected chi connectivity index (χ1v) is 14.6. The lowest BCUT2D eigenvalue weighted by Gasteiger charge is -2.16. The summed E-state index contributed by atoms with van der Waals surface area (Å²) in [5.41, 5.74) is 1.90. The number of aromatic nitrogens is 3. The molecule has 0 aliphatic carbocycles. The Kier molecular flexibility index (Phi) is 18.5. The monoisotopic (exact) mass is 606 g/mol. The number of thioether (sulfide) groups is 1. The number of hydrogen-bond donors (Lipinski definition) is 4. The molecular weight excluding hydrogens is 552 g/mol. The van der Waals surface area contributed by atoms with Gasteiger partial charge >= 0.3 is 6.03 Å². The predicted molar refractivity (Wildman–Crippen MR) is 173 cm³/mol. The summed E-state index contributed by atoms with van der Waals surface area (Å²) in [5, 5.41) is 26.8. The highest BCUT2D eigenvalue weighted by Crippen LogP contribution is 2.33. The van der Waals surface area contributed by atoms with Crippen LogP contribution in [0.4, 0.5) is 4.79 Å². The lowest BCUT2D eigenvalue weighted by molar-refractivity contribution is -0.122. The van der Waals surface area contributed by atoms with Crippen molar-refractivity contribution in [1.82, 2.24) is 30.9 Å². The summed E-state index contributed by atoms with van der Waals surface area (Å²) in [6.07, 6.45) is 10.3. The van der Waals surface area contributed by atoms with Crippen LogP contribution >= 0.6 is 11.8 Å². The molecule has 3 heterocycles. The van der Waals surface area contributed by atoms with Crippen molar-refractivity contribution in [3.05, 3.63) is 41.7 Å². The third-order valence-corrected chi connectivity index (χ3v) is 8.59. The maximum atomic E-state index is 12.2. The average Bonchev–Trinajstić information content (AvgIpc) is 3.59. The molecule has 3 atom stereocenters. The van der Waals surface area contributed by atoms with E-state index in [1.54, 1.807) is 16.8 Å². The van der Waals surface area contributed by atoms with Crippen LogP contribution in [0.1, 0.15) is 92.3 Å². The largest absolute Gasteiger partial charge is 0.508 e. The summed E-state index contributed by atoms with van der Waals surface area (Å²) in [6.45, 7) is 0.644. The molecule has 4 N–H and O–H groups in total. The van der Waals surface area contributed by atoms with E-state index in [1.807, 2.05) is 30.1 Å². The van der Waals surface area contributed by atoms with Crippen LogP contribution in [-0.4, -0.2) is 67.5 Å². The van der Waals surface area contributed by atoms with Gasteiger partial charge in [-0.2, -0.15) is 11.8 Å². The fourth-order valence-electron chi connectivity index (χ4n) is 4.98. The fraction of sp³-hybridized carbons (Fsp3) is 0.645. The van der Waals surface area contributed by atoms with Crippen molar-refractivity contribution >= 4 is 29.5 Å². The Balaban J connectivity index is 0.00000420. The normalized spacial score (nSPS) is 18.2. The molecule has 10 nitrogen and oxygen atoms in total. The first kappa shape index (κ1) is 38.9. The van der Waals surface area contributed by atoms with Crippen LogP contribution < -0.4 is 16.0 Å². The van der Waals surface area contributed by atoms with Crippen LogP contribution in [0.25, 0.3) is 0 Å². The molecule has 1 aromatic carbocycles. The second kappa shape index (κ2) is 19.9. The van der Waals surface area contributed by atoms with E-state index in [-0.39, 0.29) is 66.0 Å². The Labute approximate surface area is 257 Å². The summed E-state index contributed by atoms with van der Waals surface area (Å²) < 4.78 is 1.55. The number of carbonyl (C=O) groups is 3. The number of Topliss-reactive ketones (excluding diaryl/α,β-unsaturated/α-hetero) is 1. The zero-order chi connectivity index (χ0) is 26.7. The van der Waals surface area contributed by atoms with Crippen molar-refractivity contribution in [3.63, 3.8) is 0 Å². The van der Waals surface area contributed by atoms with Gasteiger partial charge in [-0.3, -0.25) is 9.59 Å². The average molecular weight is 607 g/mol. The standard InChI is InChI=1S/C27H38N6O4S.4CH4/c34-21(8-4-5-9-24-26-23(18-38-24)29-27(37)30-26)7-3-1-2-6-20-16-33(32-31-20)17-25(36)28-15-14-19-10-12-22(35)13-11-19;;;;/h10-13,16,23-24,26,35H,1-9,14-15,17-18H2,(H,28,36)(H2,29,30,37);4*1H4. The van der Waals surface area contributed by atoms with Gasteiger partial charge in [0, 0.05) is 36.6 Å². The molecular formula is C31H54N6O4S. The Bertz CT molecular complexity index is 1080.